The highest BCUT2D eigenvalue weighted by molar-refractivity contribution is 8.00. The molecular formula is C12H11N5S2. The van der Waals surface area contributed by atoms with Gasteiger partial charge in [0.15, 0.2) is 4.34 Å². The number of nitrogens with two attached hydrogens (primary N) is 1. The molecule has 5 nitrogen and oxygen atoms in total. The quantitative estimate of drug-likeness (QED) is 0.748. The Bertz CT molecular complexity index is 645. The molecule has 3 aromatic rings. The number of anilines is 1. The van der Waals surface area contributed by atoms with Gasteiger partial charge in [-0.3, -0.25) is 0 Å². The topological polar surface area (TPSA) is 69.6 Å². The first-order chi connectivity index (χ1) is 9.31. The van der Waals surface area contributed by atoms with E-state index in [-0.39, 0.29) is 0 Å². The van der Waals surface area contributed by atoms with E-state index in [1.165, 1.54) is 16.9 Å². The number of aromatic nitrogens is 4. The molecule has 1 aromatic carbocycles. The second-order valence-electron chi connectivity index (χ2n) is 3.81. The number of hydrogen-bond acceptors (Lipinski definition) is 6. The van der Waals surface area contributed by atoms with Crippen molar-refractivity contribution in [2.24, 2.45) is 0 Å². The molecule has 2 heterocycles. The summed E-state index contributed by atoms with van der Waals surface area (Å²) in [7, 11) is 0. The Morgan fingerprint density at radius 1 is 1.21 bits per heavy atom. The molecule has 2 N–H and O–H groups in total. The summed E-state index contributed by atoms with van der Waals surface area (Å²) in [5.41, 5.74) is 7.83. The molecule has 0 atom stereocenters. The molecule has 0 amide bonds. The van der Waals surface area contributed by atoms with Crippen LogP contribution >= 0.6 is 23.1 Å². The molecule has 0 aliphatic rings. The monoisotopic (exact) mass is 289 g/mol. The average Bonchev–Trinajstić information content (AvgIpc) is 3.08. The van der Waals surface area contributed by atoms with Crippen molar-refractivity contribution < 1.29 is 0 Å². The van der Waals surface area contributed by atoms with Crippen molar-refractivity contribution in [3.8, 4) is 5.69 Å². The van der Waals surface area contributed by atoms with Gasteiger partial charge < -0.3 is 5.73 Å². The van der Waals surface area contributed by atoms with Crippen LogP contribution < -0.4 is 5.73 Å². The zero-order valence-corrected chi connectivity index (χ0v) is 11.6. The van der Waals surface area contributed by atoms with Crippen molar-refractivity contribution in [1.29, 1.82) is 0 Å². The molecule has 0 saturated heterocycles. The Balaban J connectivity index is 1.66. The zero-order chi connectivity index (χ0) is 13.1. The highest BCUT2D eigenvalue weighted by Crippen LogP contribution is 2.26. The fourth-order valence-electron chi connectivity index (χ4n) is 1.59. The highest BCUT2D eigenvalue weighted by atomic mass is 32.2. The van der Waals surface area contributed by atoms with Gasteiger partial charge >= 0.3 is 0 Å². The Labute approximate surface area is 118 Å². The molecule has 3 rings (SSSR count). The summed E-state index contributed by atoms with van der Waals surface area (Å²) in [5, 5.41) is 12.5. The Morgan fingerprint density at radius 3 is 2.68 bits per heavy atom. The van der Waals surface area contributed by atoms with Crippen molar-refractivity contribution in [1.82, 2.24) is 20.0 Å². The lowest BCUT2D eigenvalue weighted by Gasteiger charge is -2.03. The van der Waals surface area contributed by atoms with Crippen LogP contribution in [0.25, 0.3) is 5.69 Å². The predicted molar refractivity (Wildman–Crippen MR) is 77.4 cm³/mol. The molecule has 0 aliphatic heterocycles. The van der Waals surface area contributed by atoms with Crippen LogP contribution in [0.3, 0.4) is 0 Å². The van der Waals surface area contributed by atoms with E-state index in [4.69, 9.17) is 5.73 Å². The lowest BCUT2D eigenvalue weighted by Crippen LogP contribution is -1.93. The van der Waals surface area contributed by atoms with Gasteiger partial charge in [-0.05, 0) is 23.8 Å². The molecule has 0 bridgehead atoms. The van der Waals surface area contributed by atoms with Gasteiger partial charge in [0.05, 0.1) is 5.69 Å². The molecule has 2 aromatic heterocycles. The fourth-order valence-corrected chi connectivity index (χ4v) is 3.18. The first-order valence-electron chi connectivity index (χ1n) is 5.62. The second kappa shape index (κ2) is 5.41. The first kappa shape index (κ1) is 12.2. The maximum absolute atomic E-state index is 5.54. The van der Waals surface area contributed by atoms with E-state index in [2.05, 4.69) is 39.6 Å². The third-order valence-corrected chi connectivity index (χ3v) is 4.45. The van der Waals surface area contributed by atoms with Crippen LogP contribution in [-0.4, -0.2) is 20.0 Å². The molecule has 0 aliphatic carbocycles. The van der Waals surface area contributed by atoms with Gasteiger partial charge in [-0.25, -0.2) is 4.68 Å². The minimum atomic E-state index is 0.511. The number of benzene rings is 1. The van der Waals surface area contributed by atoms with Crippen LogP contribution in [0.5, 0.6) is 0 Å². The molecule has 0 fully saturated rings. The van der Waals surface area contributed by atoms with Gasteiger partial charge in [0.1, 0.15) is 0 Å². The largest absolute Gasteiger partial charge is 0.374 e. The van der Waals surface area contributed by atoms with Gasteiger partial charge in [-0.1, -0.05) is 35.2 Å². The van der Waals surface area contributed by atoms with Crippen molar-refractivity contribution >= 4 is 28.2 Å². The fraction of sp³-hybridized carbons (Fsp3) is 0.0833. The smallest absolute Gasteiger partial charge is 0.203 e. The number of nitrogens with zero attached hydrogens (tertiary/aromatic N) is 4. The van der Waals surface area contributed by atoms with E-state index in [9.17, 15) is 0 Å². The van der Waals surface area contributed by atoms with Gasteiger partial charge in [0, 0.05) is 18.1 Å². The second-order valence-corrected chi connectivity index (χ2v) is 6.04. The van der Waals surface area contributed by atoms with Gasteiger partial charge in [0.2, 0.25) is 5.13 Å². The van der Waals surface area contributed by atoms with Crippen LogP contribution in [-0.2, 0) is 5.75 Å². The molecule has 19 heavy (non-hydrogen) atoms. The Hall–Kier alpha value is -1.86. The normalized spacial score (nSPS) is 10.7. The third kappa shape index (κ3) is 2.94. The summed E-state index contributed by atoms with van der Waals surface area (Å²) in [4.78, 5) is 0. The third-order valence-electron chi connectivity index (χ3n) is 2.49. The van der Waals surface area contributed by atoms with E-state index < -0.39 is 0 Å². The number of thioether (sulfide) groups is 1. The lowest BCUT2D eigenvalue weighted by molar-refractivity contribution is 0.880. The van der Waals surface area contributed by atoms with Crippen molar-refractivity contribution in [3.63, 3.8) is 0 Å². The number of rotatable bonds is 4. The van der Waals surface area contributed by atoms with Gasteiger partial charge in [-0.2, -0.15) is 5.10 Å². The summed E-state index contributed by atoms with van der Waals surface area (Å²) in [6.45, 7) is 0. The number of hydrogen-bond donors (Lipinski definition) is 1. The molecule has 7 heteroatoms. The van der Waals surface area contributed by atoms with Crippen LogP contribution in [0.2, 0.25) is 0 Å². The summed E-state index contributed by atoms with van der Waals surface area (Å²) < 4.78 is 2.73. The molecule has 0 unspecified atom stereocenters. The minimum absolute atomic E-state index is 0.511. The Kier molecular flexibility index (Phi) is 3.47. The summed E-state index contributed by atoms with van der Waals surface area (Å²) in [6, 6.07) is 10.2. The summed E-state index contributed by atoms with van der Waals surface area (Å²) in [6.07, 6.45) is 3.69. The molecule has 0 saturated carbocycles. The maximum atomic E-state index is 5.54. The molecule has 0 radical (unpaired) electrons. The van der Waals surface area contributed by atoms with Crippen LogP contribution in [0.15, 0.2) is 47.1 Å². The van der Waals surface area contributed by atoms with Crippen LogP contribution in [0.4, 0.5) is 5.13 Å². The van der Waals surface area contributed by atoms with E-state index in [0.29, 0.717) is 5.13 Å². The van der Waals surface area contributed by atoms with E-state index in [0.717, 1.165) is 15.8 Å². The van der Waals surface area contributed by atoms with Crippen LogP contribution in [0.1, 0.15) is 5.56 Å². The minimum Gasteiger partial charge on any atom is -0.374 e. The van der Waals surface area contributed by atoms with Crippen molar-refractivity contribution in [2.45, 2.75) is 10.1 Å². The van der Waals surface area contributed by atoms with Crippen LogP contribution in [0, 0.1) is 0 Å². The molecular weight excluding hydrogens is 278 g/mol. The SMILES string of the molecule is Nc1nnc(SCc2ccc(-n3cccn3)cc2)s1. The maximum Gasteiger partial charge on any atom is 0.203 e. The van der Waals surface area contributed by atoms with E-state index >= 15 is 0 Å². The summed E-state index contributed by atoms with van der Waals surface area (Å²) in [5.74, 6) is 0.855. The van der Waals surface area contributed by atoms with Gasteiger partial charge in [-0.15, -0.1) is 10.2 Å². The first-order valence-corrected chi connectivity index (χ1v) is 7.42. The zero-order valence-electron chi connectivity index (χ0n) is 9.93. The standard InChI is InChI=1S/C12H11N5S2/c13-11-15-16-12(19-11)18-8-9-2-4-10(5-3-9)17-7-1-6-14-17/h1-7H,8H2,(H2,13,15). The van der Waals surface area contributed by atoms with Gasteiger partial charge in [0.25, 0.3) is 0 Å². The lowest BCUT2D eigenvalue weighted by atomic mass is 10.2. The molecule has 96 valence electrons. The predicted octanol–water partition coefficient (Wildman–Crippen LogP) is 2.60. The number of nitrogen functional groups attached to an aromatic ring is 1. The Morgan fingerprint density at radius 2 is 2.05 bits per heavy atom. The molecule has 0 spiro atoms. The van der Waals surface area contributed by atoms with E-state index in [1.54, 1.807) is 18.0 Å². The summed E-state index contributed by atoms with van der Waals surface area (Å²) >= 11 is 3.05. The van der Waals surface area contributed by atoms with Crippen molar-refractivity contribution in [2.75, 3.05) is 5.73 Å². The average molecular weight is 289 g/mol. The van der Waals surface area contributed by atoms with E-state index in [1.807, 2.05) is 16.9 Å². The van der Waals surface area contributed by atoms with Crippen molar-refractivity contribution in [3.05, 3.63) is 48.3 Å². The highest BCUT2D eigenvalue weighted by Gasteiger charge is 2.03.